The Labute approximate surface area is 227 Å². The number of Topliss-reactive ketones (excluding diaryl/α,β-unsaturated/α-hetero) is 1. The Balaban J connectivity index is 1.53. The maximum atomic E-state index is 13.9. The first-order valence-corrected chi connectivity index (χ1v) is 12.9. The van der Waals surface area contributed by atoms with Crippen molar-refractivity contribution in [3.8, 4) is 11.5 Å². The van der Waals surface area contributed by atoms with Gasteiger partial charge in [-0.05, 0) is 73.7 Å². The SMILES string of the molecule is COc1ccc([C@H]2CC(=O)C3=C(C2)NC(C)=C(C(=O)Nc2ccc(C)cc2)[C@@H]3c2ccc(F)cc2)cc1OC. The number of hydrogen-bond acceptors (Lipinski definition) is 5. The van der Waals surface area contributed by atoms with Crippen molar-refractivity contribution in [3.05, 3.63) is 112 Å². The lowest BCUT2D eigenvalue weighted by Crippen LogP contribution is -2.37. The van der Waals surface area contributed by atoms with Gasteiger partial charge in [0.15, 0.2) is 17.3 Å². The van der Waals surface area contributed by atoms with Gasteiger partial charge in [-0.3, -0.25) is 9.59 Å². The van der Waals surface area contributed by atoms with Gasteiger partial charge in [-0.25, -0.2) is 4.39 Å². The van der Waals surface area contributed by atoms with Crippen LogP contribution in [0.25, 0.3) is 0 Å². The highest BCUT2D eigenvalue weighted by molar-refractivity contribution is 6.10. The molecule has 1 aliphatic carbocycles. The Morgan fingerprint density at radius 1 is 0.897 bits per heavy atom. The number of dihydropyridines is 1. The number of ketones is 1. The van der Waals surface area contributed by atoms with Crippen LogP contribution < -0.4 is 20.1 Å². The molecule has 0 saturated carbocycles. The molecule has 39 heavy (non-hydrogen) atoms. The molecule has 6 nitrogen and oxygen atoms in total. The molecule has 2 aliphatic rings. The molecule has 1 amide bonds. The van der Waals surface area contributed by atoms with E-state index in [0.717, 1.165) is 16.8 Å². The monoisotopic (exact) mass is 526 g/mol. The summed E-state index contributed by atoms with van der Waals surface area (Å²) in [6.45, 7) is 3.82. The Hall–Kier alpha value is -4.39. The lowest BCUT2D eigenvalue weighted by atomic mass is 9.71. The quantitative estimate of drug-likeness (QED) is 0.403. The zero-order valence-electron chi connectivity index (χ0n) is 22.4. The maximum absolute atomic E-state index is 13.9. The number of carbonyl (C=O) groups excluding carboxylic acids is 2. The van der Waals surface area contributed by atoms with Crippen molar-refractivity contribution < 1.29 is 23.5 Å². The molecule has 7 heteroatoms. The summed E-state index contributed by atoms with van der Waals surface area (Å²) in [7, 11) is 3.17. The van der Waals surface area contributed by atoms with Crippen molar-refractivity contribution in [1.29, 1.82) is 0 Å². The van der Waals surface area contributed by atoms with E-state index in [0.29, 0.717) is 46.0 Å². The highest BCUT2D eigenvalue weighted by Gasteiger charge is 2.41. The number of hydrogen-bond donors (Lipinski definition) is 2. The highest BCUT2D eigenvalue weighted by atomic mass is 19.1. The number of halogens is 1. The van der Waals surface area contributed by atoms with Gasteiger partial charge in [0, 0.05) is 40.6 Å². The van der Waals surface area contributed by atoms with Crippen molar-refractivity contribution in [2.45, 2.75) is 38.5 Å². The van der Waals surface area contributed by atoms with E-state index in [-0.39, 0.29) is 29.8 Å². The van der Waals surface area contributed by atoms with E-state index < -0.39 is 5.92 Å². The second kappa shape index (κ2) is 10.8. The van der Waals surface area contributed by atoms with Crippen LogP contribution in [-0.2, 0) is 9.59 Å². The van der Waals surface area contributed by atoms with E-state index in [4.69, 9.17) is 9.47 Å². The fraction of sp³-hybridized carbons (Fsp3) is 0.250. The standard InChI is InChI=1S/C32H31FN2O4/c1-18-5-12-24(13-6-18)35-32(37)29-19(2)34-25-15-22(21-9-14-27(38-3)28(17-21)39-4)16-26(36)31(25)30(29)20-7-10-23(33)11-8-20/h5-14,17,22,30,34H,15-16H2,1-4H3,(H,35,37)/t22-,30+/m1/s1. The third-order valence-electron chi connectivity index (χ3n) is 7.46. The number of rotatable bonds is 6. The summed E-state index contributed by atoms with van der Waals surface area (Å²) in [5.74, 6) is -0.200. The molecule has 1 aliphatic heterocycles. The van der Waals surface area contributed by atoms with Gasteiger partial charge in [-0.2, -0.15) is 0 Å². The minimum atomic E-state index is -0.619. The summed E-state index contributed by atoms with van der Waals surface area (Å²) in [6.07, 6.45) is 0.859. The van der Waals surface area contributed by atoms with E-state index in [1.807, 2.05) is 56.3 Å². The topological polar surface area (TPSA) is 76.7 Å². The number of allylic oxidation sites excluding steroid dienone is 3. The largest absolute Gasteiger partial charge is 0.493 e. The van der Waals surface area contributed by atoms with Crippen molar-refractivity contribution in [2.24, 2.45) is 0 Å². The number of anilines is 1. The van der Waals surface area contributed by atoms with E-state index in [9.17, 15) is 14.0 Å². The van der Waals surface area contributed by atoms with Gasteiger partial charge < -0.3 is 20.1 Å². The molecule has 2 N–H and O–H groups in total. The first kappa shape index (κ1) is 26.2. The maximum Gasteiger partial charge on any atom is 0.254 e. The molecule has 1 heterocycles. The van der Waals surface area contributed by atoms with E-state index in [1.54, 1.807) is 26.4 Å². The number of benzene rings is 3. The summed E-state index contributed by atoms with van der Waals surface area (Å²) in [6, 6.07) is 19.3. The smallest absolute Gasteiger partial charge is 0.254 e. The Bertz CT molecular complexity index is 1490. The predicted molar refractivity (Wildman–Crippen MR) is 148 cm³/mol. The molecular weight excluding hydrogens is 495 g/mol. The van der Waals surface area contributed by atoms with Crippen molar-refractivity contribution in [2.75, 3.05) is 19.5 Å². The first-order valence-electron chi connectivity index (χ1n) is 12.9. The minimum Gasteiger partial charge on any atom is -0.493 e. The van der Waals surface area contributed by atoms with Gasteiger partial charge in [0.2, 0.25) is 0 Å². The van der Waals surface area contributed by atoms with Crippen LogP contribution >= 0.6 is 0 Å². The molecule has 0 bridgehead atoms. The number of amides is 1. The second-order valence-corrected chi connectivity index (χ2v) is 10.0. The van der Waals surface area contributed by atoms with Gasteiger partial charge in [-0.1, -0.05) is 35.9 Å². The van der Waals surface area contributed by atoms with Crippen LogP contribution in [0.1, 0.15) is 48.3 Å². The highest BCUT2D eigenvalue weighted by Crippen LogP contribution is 2.46. The van der Waals surface area contributed by atoms with Crippen molar-refractivity contribution in [1.82, 2.24) is 5.32 Å². The molecule has 0 fully saturated rings. The average molecular weight is 527 g/mol. The fourth-order valence-corrected chi connectivity index (χ4v) is 5.51. The molecular formula is C32H31FN2O4. The van der Waals surface area contributed by atoms with Gasteiger partial charge in [0.1, 0.15) is 5.82 Å². The molecule has 2 atom stereocenters. The van der Waals surface area contributed by atoms with Gasteiger partial charge in [0.05, 0.1) is 14.2 Å². The molecule has 5 rings (SSSR count). The van der Waals surface area contributed by atoms with E-state index in [2.05, 4.69) is 10.6 Å². The minimum absolute atomic E-state index is 0.0500. The number of aryl methyl sites for hydroxylation is 1. The normalized spacial score (nSPS) is 18.8. The lowest BCUT2D eigenvalue weighted by Gasteiger charge is -2.37. The summed E-state index contributed by atoms with van der Waals surface area (Å²) >= 11 is 0. The van der Waals surface area contributed by atoms with Crippen LogP contribution in [0.2, 0.25) is 0 Å². The zero-order chi connectivity index (χ0) is 27.7. The third-order valence-corrected chi connectivity index (χ3v) is 7.46. The third kappa shape index (κ3) is 5.17. The number of carbonyl (C=O) groups is 2. The summed E-state index contributed by atoms with van der Waals surface area (Å²) in [4.78, 5) is 27.5. The number of ether oxygens (including phenoxy) is 2. The van der Waals surface area contributed by atoms with Crippen LogP contribution in [0.3, 0.4) is 0 Å². The van der Waals surface area contributed by atoms with Crippen LogP contribution in [0, 0.1) is 12.7 Å². The van der Waals surface area contributed by atoms with Crippen LogP contribution in [-0.4, -0.2) is 25.9 Å². The Morgan fingerprint density at radius 2 is 1.56 bits per heavy atom. The fourth-order valence-electron chi connectivity index (χ4n) is 5.51. The Morgan fingerprint density at radius 3 is 2.23 bits per heavy atom. The van der Waals surface area contributed by atoms with Gasteiger partial charge >= 0.3 is 0 Å². The summed E-state index contributed by atoms with van der Waals surface area (Å²) in [5, 5.41) is 6.36. The second-order valence-electron chi connectivity index (χ2n) is 10.0. The molecule has 0 spiro atoms. The number of methoxy groups -OCH3 is 2. The summed E-state index contributed by atoms with van der Waals surface area (Å²) < 4.78 is 24.7. The molecule has 0 aromatic heterocycles. The van der Waals surface area contributed by atoms with Crippen LogP contribution in [0.15, 0.2) is 89.3 Å². The zero-order valence-corrected chi connectivity index (χ0v) is 22.4. The lowest BCUT2D eigenvalue weighted by molar-refractivity contribution is -0.116. The van der Waals surface area contributed by atoms with Crippen molar-refractivity contribution in [3.63, 3.8) is 0 Å². The molecule has 200 valence electrons. The molecule has 3 aromatic carbocycles. The number of nitrogens with one attached hydrogen (secondary N) is 2. The van der Waals surface area contributed by atoms with E-state index in [1.165, 1.54) is 12.1 Å². The molecule has 0 unspecified atom stereocenters. The molecule has 0 saturated heterocycles. The Kier molecular flexibility index (Phi) is 7.24. The molecule has 0 radical (unpaired) electrons. The van der Waals surface area contributed by atoms with Gasteiger partial charge in [-0.15, -0.1) is 0 Å². The van der Waals surface area contributed by atoms with Crippen LogP contribution in [0.4, 0.5) is 10.1 Å². The summed E-state index contributed by atoms with van der Waals surface area (Å²) in [5.41, 5.74) is 5.84. The first-order chi connectivity index (χ1) is 18.8. The molecule has 3 aromatic rings. The van der Waals surface area contributed by atoms with Crippen LogP contribution in [0.5, 0.6) is 11.5 Å². The predicted octanol–water partition coefficient (Wildman–Crippen LogP) is 6.15. The van der Waals surface area contributed by atoms with E-state index >= 15 is 0 Å². The average Bonchev–Trinajstić information content (AvgIpc) is 2.93. The van der Waals surface area contributed by atoms with Gasteiger partial charge in [0.25, 0.3) is 5.91 Å². The van der Waals surface area contributed by atoms with Crippen molar-refractivity contribution >= 4 is 17.4 Å².